The highest BCUT2D eigenvalue weighted by molar-refractivity contribution is 9.10. The molecule has 26 heavy (non-hydrogen) atoms. The van der Waals surface area contributed by atoms with E-state index < -0.39 is 0 Å². The molecule has 0 saturated heterocycles. The number of rotatable bonds is 5. The van der Waals surface area contributed by atoms with Crippen LogP contribution in [0.25, 0.3) is 0 Å². The molecule has 3 rings (SSSR count). The van der Waals surface area contributed by atoms with Crippen molar-refractivity contribution in [3.63, 3.8) is 0 Å². The van der Waals surface area contributed by atoms with Crippen LogP contribution in [0.15, 0.2) is 64.2 Å². The Bertz CT molecular complexity index is 927. The lowest BCUT2D eigenvalue weighted by molar-refractivity contribution is 0.0955. The first-order valence-electron chi connectivity index (χ1n) is 8.20. The van der Waals surface area contributed by atoms with Gasteiger partial charge in [0, 0.05) is 15.7 Å². The molecule has 1 heterocycles. The van der Waals surface area contributed by atoms with E-state index in [1.54, 1.807) is 18.3 Å². The molecule has 0 spiro atoms. The zero-order valence-corrected chi connectivity index (χ0v) is 16.2. The number of aryl methyl sites for hydroxylation is 2. The average molecular weight is 411 g/mol. The maximum Gasteiger partial charge on any atom is 0.271 e. The minimum atomic E-state index is -0.240. The molecule has 0 aliphatic carbocycles. The number of aromatic nitrogens is 2. The molecule has 0 saturated carbocycles. The van der Waals surface area contributed by atoms with E-state index >= 15 is 0 Å². The van der Waals surface area contributed by atoms with Crippen molar-refractivity contribution < 1.29 is 4.79 Å². The number of hydrogen-bond donors (Lipinski definition) is 1. The number of carbonyl (C=O) groups is 1. The highest BCUT2D eigenvalue weighted by Crippen LogP contribution is 2.10. The molecule has 5 nitrogen and oxygen atoms in total. The van der Waals surface area contributed by atoms with Gasteiger partial charge in [0.15, 0.2) is 0 Å². The lowest BCUT2D eigenvalue weighted by Crippen LogP contribution is -2.17. The normalized spacial score (nSPS) is 11.0. The van der Waals surface area contributed by atoms with Crippen LogP contribution in [0.1, 0.15) is 32.9 Å². The molecule has 0 unspecified atom stereocenters. The lowest BCUT2D eigenvalue weighted by atomic mass is 10.1. The van der Waals surface area contributed by atoms with Crippen molar-refractivity contribution in [2.24, 2.45) is 5.10 Å². The molecular formula is C20H19BrN4O. The van der Waals surface area contributed by atoms with Crippen LogP contribution in [-0.4, -0.2) is 21.9 Å². The number of benzene rings is 2. The molecule has 6 heteroatoms. The van der Waals surface area contributed by atoms with Gasteiger partial charge in [0.2, 0.25) is 0 Å². The fourth-order valence-electron chi connectivity index (χ4n) is 2.55. The van der Waals surface area contributed by atoms with E-state index in [1.807, 2.05) is 61.0 Å². The Labute approximate surface area is 160 Å². The van der Waals surface area contributed by atoms with Crippen molar-refractivity contribution in [2.75, 3.05) is 0 Å². The van der Waals surface area contributed by atoms with E-state index in [0.29, 0.717) is 12.1 Å². The first-order valence-corrected chi connectivity index (χ1v) is 8.99. The molecule has 1 aromatic heterocycles. The standard InChI is InChI=1S/C20H19BrN4O/c1-14-11-15(2)25(24-14)13-17-3-7-18(8-4-17)20(26)23-22-12-16-5-9-19(21)10-6-16/h3-12H,13H2,1-2H3,(H,23,26)/b22-12+. The minimum Gasteiger partial charge on any atom is -0.267 e. The summed E-state index contributed by atoms with van der Waals surface area (Å²) in [6.45, 7) is 4.69. The van der Waals surface area contributed by atoms with Crippen molar-refractivity contribution >= 4 is 28.1 Å². The predicted molar refractivity (Wildman–Crippen MR) is 106 cm³/mol. The first kappa shape index (κ1) is 18.1. The Morgan fingerprint density at radius 3 is 2.46 bits per heavy atom. The van der Waals surface area contributed by atoms with Gasteiger partial charge in [-0.3, -0.25) is 9.48 Å². The molecule has 1 N–H and O–H groups in total. The summed E-state index contributed by atoms with van der Waals surface area (Å²) in [7, 11) is 0. The Morgan fingerprint density at radius 1 is 1.15 bits per heavy atom. The third-order valence-electron chi connectivity index (χ3n) is 3.90. The van der Waals surface area contributed by atoms with Crippen LogP contribution in [-0.2, 0) is 6.54 Å². The molecule has 3 aromatic rings. The smallest absolute Gasteiger partial charge is 0.267 e. The summed E-state index contributed by atoms with van der Waals surface area (Å²) < 4.78 is 2.95. The van der Waals surface area contributed by atoms with Crippen LogP contribution >= 0.6 is 15.9 Å². The summed E-state index contributed by atoms with van der Waals surface area (Å²) in [5, 5.41) is 8.45. The van der Waals surface area contributed by atoms with Gasteiger partial charge < -0.3 is 0 Å². The zero-order valence-electron chi connectivity index (χ0n) is 14.6. The first-order chi connectivity index (χ1) is 12.5. The van der Waals surface area contributed by atoms with Gasteiger partial charge in [0.05, 0.1) is 18.5 Å². The molecule has 0 radical (unpaired) electrons. The van der Waals surface area contributed by atoms with Crippen LogP contribution in [0.5, 0.6) is 0 Å². The quantitative estimate of drug-likeness (QED) is 0.508. The zero-order chi connectivity index (χ0) is 18.5. The van der Waals surface area contributed by atoms with Gasteiger partial charge in [-0.05, 0) is 55.3 Å². The molecule has 0 fully saturated rings. The molecule has 0 aliphatic heterocycles. The van der Waals surface area contributed by atoms with Crippen molar-refractivity contribution in [2.45, 2.75) is 20.4 Å². The maximum atomic E-state index is 12.2. The fraction of sp³-hybridized carbons (Fsp3) is 0.150. The fourth-order valence-corrected chi connectivity index (χ4v) is 2.81. The molecule has 0 aliphatic rings. The van der Waals surface area contributed by atoms with E-state index in [-0.39, 0.29) is 5.91 Å². The van der Waals surface area contributed by atoms with Gasteiger partial charge in [0.1, 0.15) is 0 Å². The topological polar surface area (TPSA) is 59.3 Å². The molecule has 2 aromatic carbocycles. The third kappa shape index (κ3) is 4.67. The molecule has 0 atom stereocenters. The Hall–Kier alpha value is -2.73. The molecule has 132 valence electrons. The average Bonchev–Trinajstić information content (AvgIpc) is 2.94. The molecule has 1 amide bonds. The lowest BCUT2D eigenvalue weighted by Gasteiger charge is -2.06. The van der Waals surface area contributed by atoms with Crippen LogP contribution < -0.4 is 5.43 Å². The number of hydrazone groups is 1. The van der Waals surface area contributed by atoms with Crippen LogP contribution in [0.2, 0.25) is 0 Å². The number of halogens is 1. The highest BCUT2D eigenvalue weighted by atomic mass is 79.9. The van der Waals surface area contributed by atoms with Crippen molar-refractivity contribution in [1.82, 2.24) is 15.2 Å². The van der Waals surface area contributed by atoms with E-state index in [2.05, 4.69) is 31.6 Å². The predicted octanol–water partition coefficient (Wildman–Crippen LogP) is 4.07. The second-order valence-electron chi connectivity index (χ2n) is 6.03. The summed E-state index contributed by atoms with van der Waals surface area (Å²) in [4.78, 5) is 12.2. The summed E-state index contributed by atoms with van der Waals surface area (Å²) in [5.41, 5.74) is 7.23. The van der Waals surface area contributed by atoms with Crippen molar-refractivity contribution in [3.8, 4) is 0 Å². The van der Waals surface area contributed by atoms with Gasteiger partial charge in [-0.25, -0.2) is 5.43 Å². The number of nitrogens with zero attached hydrogens (tertiary/aromatic N) is 3. The monoisotopic (exact) mass is 410 g/mol. The van der Waals surface area contributed by atoms with E-state index in [4.69, 9.17) is 0 Å². The van der Waals surface area contributed by atoms with Gasteiger partial charge in [-0.1, -0.05) is 40.2 Å². The second kappa shape index (κ2) is 8.10. The summed E-state index contributed by atoms with van der Waals surface area (Å²) >= 11 is 3.38. The van der Waals surface area contributed by atoms with Crippen LogP contribution in [0.4, 0.5) is 0 Å². The Morgan fingerprint density at radius 2 is 1.85 bits per heavy atom. The Kier molecular flexibility index (Phi) is 5.63. The minimum absolute atomic E-state index is 0.240. The second-order valence-corrected chi connectivity index (χ2v) is 6.95. The summed E-state index contributed by atoms with van der Waals surface area (Å²) in [6.07, 6.45) is 1.61. The van der Waals surface area contributed by atoms with E-state index in [0.717, 1.165) is 27.0 Å². The SMILES string of the molecule is Cc1cc(C)n(Cc2ccc(C(=O)N/N=C/c3ccc(Br)cc3)cc2)n1. The van der Waals surface area contributed by atoms with E-state index in [9.17, 15) is 4.79 Å². The summed E-state index contributed by atoms with van der Waals surface area (Å²) in [6, 6.07) is 17.2. The number of nitrogens with one attached hydrogen (secondary N) is 1. The van der Waals surface area contributed by atoms with Gasteiger partial charge in [0.25, 0.3) is 5.91 Å². The Balaban J connectivity index is 1.59. The number of hydrogen-bond acceptors (Lipinski definition) is 3. The largest absolute Gasteiger partial charge is 0.271 e. The highest BCUT2D eigenvalue weighted by Gasteiger charge is 2.06. The molecular weight excluding hydrogens is 392 g/mol. The van der Waals surface area contributed by atoms with Crippen molar-refractivity contribution in [3.05, 3.63) is 87.1 Å². The third-order valence-corrected chi connectivity index (χ3v) is 4.43. The maximum absolute atomic E-state index is 12.2. The van der Waals surface area contributed by atoms with E-state index in [1.165, 1.54) is 0 Å². The van der Waals surface area contributed by atoms with Gasteiger partial charge in [-0.2, -0.15) is 10.2 Å². The van der Waals surface area contributed by atoms with Gasteiger partial charge >= 0.3 is 0 Å². The molecule has 0 bridgehead atoms. The van der Waals surface area contributed by atoms with Crippen LogP contribution in [0.3, 0.4) is 0 Å². The van der Waals surface area contributed by atoms with Gasteiger partial charge in [-0.15, -0.1) is 0 Å². The van der Waals surface area contributed by atoms with Crippen molar-refractivity contribution in [1.29, 1.82) is 0 Å². The number of carbonyl (C=O) groups excluding carboxylic acids is 1. The number of amides is 1. The summed E-state index contributed by atoms with van der Waals surface area (Å²) in [5.74, 6) is -0.240. The van der Waals surface area contributed by atoms with Crippen LogP contribution in [0, 0.1) is 13.8 Å².